The topological polar surface area (TPSA) is 88.4 Å². The van der Waals surface area contributed by atoms with Gasteiger partial charge >= 0.3 is 5.97 Å². The fraction of sp³-hybridized carbons (Fsp3) is 0.526. The molecule has 134 valence electrons. The van der Waals surface area contributed by atoms with Crippen molar-refractivity contribution in [2.75, 3.05) is 6.61 Å². The SMILES string of the molecule is CC(C)Oc1ccc(C(=O)OCC(=O)NC2(C#N)CCCCC2)cc1. The van der Waals surface area contributed by atoms with Crippen LogP contribution in [0.15, 0.2) is 24.3 Å². The van der Waals surface area contributed by atoms with Crippen molar-refractivity contribution in [3.8, 4) is 11.8 Å². The van der Waals surface area contributed by atoms with Crippen molar-refractivity contribution < 1.29 is 19.1 Å². The van der Waals surface area contributed by atoms with Crippen LogP contribution in [0.25, 0.3) is 0 Å². The molecule has 0 atom stereocenters. The van der Waals surface area contributed by atoms with Crippen LogP contribution in [-0.4, -0.2) is 30.1 Å². The van der Waals surface area contributed by atoms with Crippen molar-refractivity contribution in [2.45, 2.75) is 57.6 Å². The summed E-state index contributed by atoms with van der Waals surface area (Å²) in [5, 5.41) is 12.1. The van der Waals surface area contributed by atoms with Crippen molar-refractivity contribution in [3.05, 3.63) is 29.8 Å². The highest BCUT2D eigenvalue weighted by Gasteiger charge is 2.33. The number of hydrogen-bond acceptors (Lipinski definition) is 5. The molecule has 0 spiro atoms. The number of esters is 1. The number of carbonyl (C=O) groups excluding carboxylic acids is 2. The highest BCUT2D eigenvalue weighted by Crippen LogP contribution is 2.27. The molecular weight excluding hydrogens is 320 g/mol. The molecule has 1 N–H and O–H groups in total. The lowest BCUT2D eigenvalue weighted by Crippen LogP contribution is -2.50. The fourth-order valence-corrected chi connectivity index (χ4v) is 2.88. The lowest BCUT2D eigenvalue weighted by molar-refractivity contribution is -0.125. The minimum Gasteiger partial charge on any atom is -0.491 e. The summed E-state index contributed by atoms with van der Waals surface area (Å²) in [6.07, 6.45) is 4.23. The predicted molar refractivity (Wildman–Crippen MR) is 92.1 cm³/mol. The zero-order valence-corrected chi connectivity index (χ0v) is 14.7. The van der Waals surface area contributed by atoms with E-state index in [0.29, 0.717) is 24.2 Å². The van der Waals surface area contributed by atoms with Crippen LogP contribution in [0, 0.1) is 11.3 Å². The average molecular weight is 344 g/mol. The quantitative estimate of drug-likeness (QED) is 0.802. The second-order valence-corrected chi connectivity index (χ2v) is 6.57. The molecule has 1 saturated carbocycles. The van der Waals surface area contributed by atoms with Crippen molar-refractivity contribution in [2.24, 2.45) is 0 Å². The van der Waals surface area contributed by atoms with Crippen LogP contribution in [0.2, 0.25) is 0 Å². The standard InChI is InChI=1S/C19H24N2O4/c1-14(2)25-16-8-6-15(7-9-16)18(23)24-12-17(22)21-19(13-20)10-4-3-5-11-19/h6-9,14H,3-5,10-12H2,1-2H3,(H,21,22). The number of benzene rings is 1. The first-order valence-electron chi connectivity index (χ1n) is 8.60. The number of ether oxygens (including phenoxy) is 2. The summed E-state index contributed by atoms with van der Waals surface area (Å²) >= 11 is 0. The summed E-state index contributed by atoms with van der Waals surface area (Å²) in [6.45, 7) is 3.44. The molecular formula is C19H24N2O4. The number of hydrogen-bond donors (Lipinski definition) is 1. The maximum atomic E-state index is 12.0. The van der Waals surface area contributed by atoms with Gasteiger partial charge in [0.15, 0.2) is 6.61 Å². The maximum absolute atomic E-state index is 12.0. The van der Waals surface area contributed by atoms with Crippen molar-refractivity contribution in [1.82, 2.24) is 5.32 Å². The van der Waals surface area contributed by atoms with Crippen LogP contribution in [0.4, 0.5) is 0 Å². The van der Waals surface area contributed by atoms with E-state index in [1.54, 1.807) is 24.3 Å². The van der Waals surface area contributed by atoms with E-state index in [1.807, 2.05) is 13.8 Å². The Morgan fingerprint density at radius 2 is 1.84 bits per heavy atom. The Kier molecular flexibility index (Phi) is 6.40. The minimum atomic E-state index is -0.822. The van der Waals surface area contributed by atoms with E-state index in [9.17, 15) is 14.9 Å². The van der Waals surface area contributed by atoms with E-state index in [1.165, 1.54) is 0 Å². The van der Waals surface area contributed by atoms with E-state index >= 15 is 0 Å². The first-order chi connectivity index (χ1) is 11.9. The van der Waals surface area contributed by atoms with Crippen LogP contribution in [0.5, 0.6) is 5.75 Å². The summed E-state index contributed by atoms with van der Waals surface area (Å²) in [7, 11) is 0. The summed E-state index contributed by atoms with van der Waals surface area (Å²) in [4.78, 5) is 24.0. The number of nitrogens with one attached hydrogen (secondary N) is 1. The second-order valence-electron chi connectivity index (χ2n) is 6.57. The molecule has 25 heavy (non-hydrogen) atoms. The molecule has 1 aromatic rings. The molecule has 6 heteroatoms. The van der Waals surface area contributed by atoms with Gasteiger partial charge in [0.2, 0.25) is 0 Å². The lowest BCUT2D eigenvalue weighted by Gasteiger charge is -2.31. The molecule has 2 rings (SSSR count). The lowest BCUT2D eigenvalue weighted by atomic mass is 9.83. The Morgan fingerprint density at radius 3 is 2.40 bits per heavy atom. The van der Waals surface area contributed by atoms with Gasteiger partial charge in [0, 0.05) is 0 Å². The molecule has 0 radical (unpaired) electrons. The van der Waals surface area contributed by atoms with Crippen molar-refractivity contribution in [1.29, 1.82) is 5.26 Å². The predicted octanol–water partition coefficient (Wildman–Crippen LogP) is 2.97. The van der Waals surface area contributed by atoms with Crippen molar-refractivity contribution in [3.63, 3.8) is 0 Å². The molecule has 6 nitrogen and oxygen atoms in total. The molecule has 0 heterocycles. The Bertz CT molecular complexity index is 640. The third kappa shape index (κ3) is 5.49. The minimum absolute atomic E-state index is 0.0498. The van der Waals surface area contributed by atoms with Crippen LogP contribution < -0.4 is 10.1 Å². The smallest absolute Gasteiger partial charge is 0.338 e. The number of rotatable bonds is 6. The molecule has 0 aromatic heterocycles. The molecule has 1 aromatic carbocycles. The Labute approximate surface area is 148 Å². The first kappa shape index (κ1) is 18.8. The van der Waals surface area contributed by atoms with Crippen LogP contribution >= 0.6 is 0 Å². The summed E-state index contributed by atoms with van der Waals surface area (Å²) in [6, 6.07) is 8.76. The van der Waals surface area contributed by atoms with E-state index in [0.717, 1.165) is 19.3 Å². The number of nitrogens with zero attached hydrogens (tertiary/aromatic N) is 1. The van der Waals surface area contributed by atoms with Crippen LogP contribution in [0.3, 0.4) is 0 Å². The largest absolute Gasteiger partial charge is 0.491 e. The zero-order valence-electron chi connectivity index (χ0n) is 14.7. The molecule has 0 aliphatic heterocycles. The Hall–Kier alpha value is -2.55. The van der Waals surface area contributed by atoms with E-state index in [4.69, 9.17) is 9.47 Å². The summed E-state index contributed by atoms with van der Waals surface area (Å²) in [5.41, 5.74) is -0.478. The number of carbonyl (C=O) groups is 2. The van der Waals surface area contributed by atoms with Gasteiger partial charge < -0.3 is 14.8 Å². The maximum Gasteiger partial charge on any atom is 0.338 e. The monoisotopic (exact) mass is 344 g/mol. The normalized spacial score (nSPS) is 15.9. The van der Waals surface area contributed by atoms with Gasteiger partial charge in [0.05, 0.1) is 17.7 Å². The van der Waals surface area contributed by atoms with E-state index in [2.05, 4.69) is 11.4 Å². The van der Waals surface area contributed by atoms with E-state index < -0.39 is 24.0 Å². The molecule has 0 bridgehead atoms. The van der Waals surface area contributed by atoms with Gasteiger partial charge in [-0.2, -0.15) is 5.26 Å². The van der Waals surface area contributed by atoms with Crippen LogP contribution in [-0.2, 0) is 9.53 Å². The molecule has 1 aliphatic rings. The van der Waals surface area contributed by atoms with Gasteiger partial charge in [0.25, 0.3) is 5.91 Å². The molecule has 0 unspecified atom stereocenters. The van der Waals surface area contributed by atoms with Crippen LogP contribution in [0.1, 0.15) is 56.3 Å². The molecule has 1 aliphatic carbocycles. The average Bonchev–Trinajstić information content (AvgIpc) is 2.60. The molecule has 1 fully saturated rings. The Balaban J connectivity index is 1.84. The highest BCUT2D eigenvalue weighted by molar-refractivity contribution is 5.91. The zero-order chi connectivity index (χ0) is 18.3. The second kappa shape index (κ2) is 8.52. The highest BCUT2D eigenvalue weighted by atomic mass is 16.5. The summed E-state index contributed by atoms with van der Waals surface area (Å²) < 4.78 is 10.5. The summed E-state index contributed by atoms with van der Waals surface area (Å²) in [5.74, 6) is -0.366. The fourth-order valence-electron chi connectivity index (χ4n) is 2.88. The number of amides is 1. The number of nitriles is 1. The third-order valence-electron chi connectivity index (χ3n) is 4.10. The van der Waals surface area contributed by atoms with Crippen molar-refractivity contribution >= 4 is 11.9 Å². The van der Waals surface area contributed by atoms with Gasteiger partial charge in [0.1, 0.15) is 11.3 Å². The van der Waals surface area contributed by atoms with E-state index in [-0.39, 0.29) is 6.10 Å². The first-order valence-corrected chi connectivity index (χ1v) is 8.60. The van der Waals surface area contributed by atoms with Gasteiger partial charge in [-0.1, -0.05) is 19.3 Å². The van der Waals surface area contributed by atoms with Gasteiger partial charge in [-0.05, 0) is 51.0 Å². The Morgan fingerprint density at radius 1 is 1.20 bits per heavy atom. The third-order valence-corrected chi connectivity index (χ3v) is 4.10. The van der Waals surface area contributed by atoms with Gasteiger partial charge in [-0.3, -0.25) is 4.79 Å². The van der Waals surface area contributed by atoms with Gasteiger partial charge in [-0.15, -0.1) is 0 Å². The molecule has 1 amide bonds. The molecule has 0 saturated heterocycles. The van der Waals surface area contributed by atoms with Gasteiger partial charge in [-0.25, -0.2) is 4.79 Å².